The number of carbonyl (C=O) groups is 1. The average Bonchev–Trinajstić information content (AvgIpc) is 2.76. The number of likely N-dealkylation sites (tertiary alicyclic amines) is 1. The van der Waals surface area contributed by atoms with Crippen LogP contribution in [-0.2, 0) is 13.1 Å². The summed E-state index contributed by atoms with van der Waals surface area (Å²) in [6, 6.07) is 12.8. The van der Waals surface area contributed by atoms with Crippen LogP contribution < -0.4 is 15.8 Å². The zero-order valence-electron chi connectivity index (χ0n) is 17.4. The maximum Gasteiger partial charge on any atom is 0.573 e. The van der Waals surface area contributed by atoms with Gasteiger partial charge in [-0.25, -0.2) is 4.99 Å². The molecular formula is C22H26F3IN4O2. The van der Waals surface area contributed by atoms with Gasteiger partial charge in [-0.15, -0.1) is 37.1 Å². The average molecular weight is 562 g/mol. The van der Waals surface area contributed by atoms with Crippen molar-refractivity contribution in [3.8, 4) is 5.75 Å². The third-order valence-electron chi connectivity index (χ3n) is 4.91. The molecule has 10 heteroatoms. The number of hydrogen-bond donors (Lipinski definition) is 2. The summed E-state index contributed by atoms with van der Waals surface area (Å²) in [6.07, 6.45) is -1.43. The number of hydrogen-bond acceptors (Lipinski definition) is 3. The first-order valence-corrected chi connectivity index (χ1v) is 10.1. The molecular weight excluding hydrogens is 536 g/mol. The lowest BCUT2D eigenvalue weighted by Gasteiger charge is -2.26. The van der Waals surface area contributed by atoms with Gasteiger partial charge in [0.25, 0.3) is 5.91 Å². The zero-order chi connectivity index (χ0) is 22.3. The molecule has 0 spiro atoms. The van der Waals surface area contributed by atoms with Gasteiger partial charge in [0, 0.05) is 25.2 Å². The van der Waals surface area contributed by atoms with Gasteiger partial charge in [0.05, 0.1) is 6.54 Å². The van der Waals surface area contributed by atoms with Gasteiger partial charge in [-0.05, 0) is 54.7 Å². The predicted molar refractivity (Wildman–Crippen MR) is 127 cm³/mol. The number of amides is 1. The molecule has 1 aliphatic heterocycles. The number of nitrogens with zero attached hydrogens (tertiary/aromatic N) is 2. The summed E-state index contributed by atoms with van der Waals surface area (Å²) in [4.78, 5) is 18.6. The number of nitrogens with two attached hydrogens (primary N) is 1. The SMILES string of the molecule is I.NC(=NCc1ccc(OC(F)(F)F)cc1)NCc1ccc(C(=O)N2CCCCC2)cc1. The van der Waals surface area contributed by atoms with E-state index in [4.69, 9.17) is 5.73 Å². The van der Waals surface area contributed by atoms with Crippen LogP contribution in [0, 0.1) is 0 Å². The van der Waals surface area contributed by atoms with Gasteiger partial charge in [-0.1, -0.05) is 24.3 Å². The molecule has 2 aromatic carbocycles. The van der Waals surface area contributed by atoms with Crippen molar-refractivity contribution >= 4 is 35.8 Å². The fourth-order valence-electron chi connectivity index (χ4n) is 3.27. The van der Waals surface area contributed by atoms with Crippen molar-refractivity contribution in [3.63, 3.8) is 0 Å². The van der Waals surface area contributed by atoms with E-state index in [0.29, 0.717) is 17.7 Å². The molecule has 6 nitrogen and oxygen atoms in total. The van der Waals surface area contributed by atoms with Crippen LogP contribution in [0.2, 0.25) is 0 Å². The lowest BCUT2D eigenvalue weighted by molar-refractivity contribution is -0.274. The van der Waals surface area contributed by atoms with E-state index in [1.165, 1.54) is 30.7 Å². The zero-order valence-corrected chi connectivity index (χ0v) is 19.7. The molecule has 0 bridgehead atoms. The van der Waals surface area contributed by atoms with Gasteiger partial charge >= 0.3 is 6.36 Å². The number of rotatable bonds is 6. The number of benzene rings is 2. The molecule has 0 unspecified atom stereocenters. The molecule has 1 amide bonds. The van der Waals surface area contributed by atoms with Gasteiger partial charge in [0.15, 0.2) is 5.96 Å². The Hall–Kier alpha value is -2.50. The van der Waals surface area contributed by atoms with E-state index in [-0.39, 0.29) is 48.1 Å². The summed E-state index contributed by atoms with van der Waals surface area (Å²) in [5, 5.41) is 2.98. The van der Waals surface area contributed by atoms with Crippen molar-refractivity contribution < 1.29 is 22.7 Å². The molecule has 1 aliphatic rings. The molecule has 0 atom stereocenters. The van der Waals surface area contributed by atoms with Crippen molar-refractivity contribution in [1.82, 2.24) is 10.2 Å². The second kappa shape index (κ2) is 11.9. The number of piperidine rings is 1. The highest BCUT2D eigenvalue weighted by molar-refractivity contribution is 14.0. The summed E-state index contributed by atoms with van der Waals surface area (Å²) in [6.45, 7) is 2.28. The Bertz CT molecular complexity index is 897. The minimum atomic E-state index is -4.72. The molecule has 174 valence electrons. The topological polar surface area (TPSA) is 80.0 Å². The lowest BCUT2D eigenvalue weighted by Crippen LogP contribution is -2.35. The molecule has 1 heterocycles. The molecule has 0 radical (unpaired) electrons. The quantitative estimate of drug-likeness (QED) is 0.310. The molecule has 0 aromatic heterocycles. The molecule has 3 N–H and O–H groups in total. The molecule has 1 saturated heterocycles. The van der Waals surface area contributed by atoms with Crippen LogP contribution in [-0.4, -0.2) is 36.2 Å². The monoisotopic (exact) mass is 562 g/mol. The van der Waals surface area contributed by atoms with Crippen molar-refractivity contribution in [2.75, 3.05) is 13.1 Å². The first-order chi connectivity index (χ1) is 14.8. The summed E-state index contributed by atoms with van der Waals surface area (Å²) in [5.74, 6) is -0.00966. The first-order valence-electron chi connectivity index (χ1n) is 10.1. The Morgan fingerprint density at radius 2 is 1.59 bits per heavy atom. The Labute approximate surface area is 202 Å². The van der Waals surface area contributed by atoms with Gasteiger partial charge in [0.2, 0.25) is 0 Å². The summed E-state index contributed by atoms with van der Waals surface area (Å²) < 4.78 is 40.4. The van der Waals surface area contributed by atoms with E-state index in [1.54, 1.807) is 0 Å². The van der Waals surface area contributed by atoms with E-state index < -0.39 is 6.36 Å². The van der Waals surface area contributed by atoms with Gasteiger partial charge in [0.1, 0.15) is 5.75 Å². The van der Waals surface area contributed by atoms with Crippen LogP contribution in [0.25, 0.3) is 0 Å². The molecule has 0 saturated carbocycles. The number of carbonyl (C=O) groups excluding carboxylic acids is 1. The van der Waals surface area contributed by atoms with Crippen LogP contribution >= 0.6 is 24.0 Å². The minimum Gasteiger partial charge on any atom is -0.406 e. The summed E-state index contributed by atoms with van der Waals surface area (Å²) >= 11 is 0. The predicted octanol–water partition coefficient (Wildman–Crippen LogP) is 4.43. The van der Waals surface area contributed by atoms with E-state index in [0.717, 1.165) is 31.5 Å². The van der Waals surface area contributed by atoms with Crippen molar-refractivity contribution in [3.05, 3.63) is 65.2 Å². The van der Waals surface area contributed by atoms with Crippen LogP contribution in [0.5, 0.6) is 5.75 Å². The van der Waals surface area contributed by atoms with Crippen LogP contribution in [0.15, 0.2) is 53.5 Å². The normalized spacial score (nSPS) is 14.5. The Morgan fingerprint density at radius 1 is 1.00 bits per heavy atom. The van der Waals surface area contributed by atoms with E-state index in [9.17, 15) is 18.0 Å². The molecule has 2 aromatic rings. The number of alkyl halides is 3. The standard InChI is InChI=1S/C22H25F3N4O2.HI/c23-22(24,25)31-19-10-6-17(7-11-19)15-28-21(26)27-14-16-4-8-18(9-5-16)20(30)29-12-2-1-3-13-29;/h4-11H,1-3,12-15H2,(H3,26,27,28);1H. The second-order valence-corrected chi connectivity index (χ2v) is 7.30. The number of aliphatic imine (C=N–C) groups is 1. The summed E-state index contributed by atoms with van der Waals surface area (Å²) in [7, 11) is 0. The van der Waals surface area contributed by atoms with E-state index in [2.05, 4.69) is 15.0 Å². The molecule has 32 heavy (non-hydrogen) atoms. The van der Waals surface area contributed by atoms with Crippen molar-refractivity contribution in [2.24, 2.45) is 10.7 Å². The van der Waals surface area contributed by atoms with Crippen molar-refractivity contribution in [2.45, 2.75) is 38.7 Å². The van der Waals surface area contributed by atoms with Crippen LogP contribution in [0.1, 0.15) is 40.7 Å². The Balaban J connectivity index is 0.00000363. The van der Waals surface area contributed by atoms with Crippen molar-refractivity contribution in [1.29, 1.82) is 0 Å². The third kappa shape index (κ3) is 8.21. The second-order valence-electron chi connectivity index (χ2n) is 7.30. The highest BCUT2D eigenvalue weighted by Gasteiger charge is 2.30. The van der Waals surface area contributed by atoms with Gasteiger partial charge in [-0.2, -0.15) is 0 Å². The fourth-order valence-corrected chi connectivity index (χ4v) is 3.27. The van der Waals surface area contributed by atoms with E-state index in [1.807, 2.05) is 29.2 Å². The maximum atomic E-state index is 12.5. The van der Waals surface area contributed by atoms with Gasteiger partial charge < -0.3 is 20.7 Å². The smallest absolute Gasteiger partial charge is 0.406 e. The minimum absolute atomic E-state index is 0. The Morgan fingerprint density at radius 3 is 2.19 bits per heavy atom. The fraction of sp³-hybridized carbons (Fsp3) is 0.364. The number of ether oxygens (including phenoxy) is 1. The highest BCUT2D eigenvalue weighted by atomic mass is 127. The maximum absolute atomic E-state index is 12.5. The number of nitrogens with one attached hydrogen (secondary N) is 1. The van der Waals surface area contributed by atoms with Crippen LogP contribution in [0.4, 0.5) is 13.2 Å². The molecule has 0 aliphatic carbocycles. The Kier molecular flexibility index (Phi) is 9.60. The largest absolute Gasteiger partial charge is 0.573 e. The lowest BCUT2D eigenvalue weighted by atomic mass is 10.1. The molecule has 1 fully saturated rings. The number of halogens is 4. The highest BCUT2D eigenvalue weighted by Crippen LogP contribution is 2.22. The number of guanidine groups is 1. The molecule has 3 rings (SSSR count). The first kappa shape index (κ1) is 25.8. The summed E-state index contributed by atoms with van der Waals surface area (Å²) in [5.41, 5.74) is 8.17. The van der Waals surface area contributed by atoms with Crippen LogP contribution in [0.3, 0.4) is 0 Å². The van der Waals surface area contributed by atoms with E-state index >= 15 is 0 Å². The van der Waals surface area contributed by atoms with Gasteiger partial charge in [-0.3, -0.25) is 4.79 Å². The third-order valence-corrected chi connectivity index (χ3v) is 4.91.